The molecule has 3 N–H and O–H groups in total. The van der Waals surface area contributed by atoms with Gasteiger partial charge in [0.1, 0.15) is 0 Å². The molecule has 0 spiro atoms. The second-order valence-corrected chi connectivity index (χ2v) is 7.95. The maximum atomic E-state index is 12.3. The molecule has 0 heterocycles. The van der Waals surface area contributed by atoms with Crippen molar-refractivity contribution in [3.05, 3.63) is 23.2 Å². The molecule has 114 valence electrons. The van der Waals surface area contributed by atoms with E-state index in [0.29, 0.717) is 17.4 Å². The second kappa shape index (κ2) is 7.66. The first-order valence-electron chi connectivity index (χ1n) is 6.36. The summed E-state index contributed by atoms with van der Waals surface area (Å²) in [6.07, 6.45) is 2.59. The number of hydrogen-bond donors (Lipinski definition) is 2. The summed E-state index contributed by atoms with van der Waals surface area (Å²) in [5.74, 6) is 0.369. The zero-order valence-electron chi connectivity index (χ0n) is 11.9. The third-order valence-electron chi connectivity index (χ3n) is 2.80. The van der Waals surface area contributed by atoms with Gasteiger partial charge in [0.25, 0.3) is 0 Å². The molecule has 1 rings (SSSR count). The van der Waals surface area contributed by atoms with Crippen LogP contribution in [-0.4, -0.2) is 27.3 Å². The van der Waals surface area contributed by atoms with E-state index in [-0.39, 0.29) is 17.5 Å². The predicted octanol–water partition coefficient (Wildman–Crippen LogP) is 2.71. The number of halogens is 1. The minimum atomic E-state index is -3.59. The third kappa shape index (κ3) is 4.93. The predicted molar refractivity (Wildman–Crippen MR) is 85.9 cm³/mol. The topological polar surface area (TPSA) is 72.2 Å². The number of sulfonamides is 1. The van der Waals surface area contributed by atoms with Gasteiger partial charge in [0, 0.05) is 17.5 Å². The number of thioether (sulfide) groups is 1. The second-order valence-electron chi connectivity index (χ2n) is 4.98. The minimum Gasteiger partial charge on any atom is -0.329 e. The fraction of sp³-hybridized carbons (Fsp3) is 0.538. The Hall–Kier alpha value is -0.270. The van der Waals surface area contributed by atoms with Crippen molar-refractivity contribution >= 4 is 33.4 Å². The monoisotopic (exact) mass is 336 g/mol. The Kier molecular flexibility index (Phi) is 6.81. The third-order valence-corrected chi connectivity index (χ3v) is 5.53. The molecule has 0 saturated heterocycles. The highest BCUT2D eigenvalue weighted by molar-refractivity contribution is 7.98. The quantitative estimate of drug-likeness (QED) is 0.751. The molecule has 20 heavy (non-hydrogen) atoms. The van der Waals surface area contributed by atoms with Crippen molar-refractivity contribution in [3.8, 4) is 0 Å². The Balaban J connectivity index is 2.95. The number of nitrogens with two attached hydrogens (primary N) is 1. The molecule has 0 saturated carbocycles. The van der Waals surface area contributed by atoms with Crippen LogP contribution in [0, 0.1) is 5.92 Å². The molecule has 7 heteroatoms. The number of hydrogen-bond acceptors (Lipinski definition) is 4. The van der Waals surface area contributed by atoms with Crippen molar-refractivity contribution in [1.82, 2.24) is 4.72 Å². The smallest absolute Gasteiger partial charge is 0.240 e. The van der Waals surface area contributed by atoms with Gasteiger partial charge in [0.2, 0.25) is 10.0 Å². The maximum Gasteiger partial charge on any atom is 0.240 e. The van der Waals surface area contributed by atoms with Crippen LogP contribution in [0.2, 0.25) is 5.02 Å². The van der Waals surface area contributed by atoms with E-state index in [1.54, 1.807) is 12.1 Å². The van der Waals surface area contributed by atoms with E-state index in [0.717, 1.165) is 4.90 Å². The average molecular weight is 337 g/mol. The Bertz CT molecular complexity index is 547. The molecule has 0 aromatic heterocycles. The summed E-state index contributed by atoms with van der Waals surface area (Å²) in [5, 5.41) is 0.438. The number of rotatable bonds is 7. The standard InChI is InChI=1S/C13H21ClN2O2S2/c1-9(2)6-10(8-15)16-20(17,18)11-4-5-13(19-3)12(14)7-11/h4-5,7,9-10,16H,6,8,15H2,1-3H3. The van der Waals surface area contributed by atoms with Crippen LogP contribution < -0.4 is 10.5 Å². The summed E-state index contributed by atoms with van der Waals surface area (Å²) in [5.41, 5.74) is 5.63. The molecule has 1 atom stereocenters. The van der Waals surface area contributed by atoms with E-state index < -0.39 is 10.0 Å². The van der Waals surface area contributed by atoms with E-state index in [2.05, 4.69) is 4.72 Å². The Morgan fingerprint density at radius 3 is 2.50 bits per heavy atom. The highest BCUT2D eigenvalue weighted by Crippen LogP contribution is 2.27. The Morgan fingerprint density at radius 2 is 2.05 bits per heavy atom. The zero-order valence-corrected chi connectivity index (χ0v) is 14.3. The lowest BCUT2D eigenvalue weighted by Gasteiger charge is -2.19. The van der Waals surface area contributed by atoms with Gasteiger partial charge in [0.05, 0.1) is 9.92 Å². The molecule has 0 amide bonds. The summed E-state index contributed by atoms with van der Waals surface area (Å²) in [4.78, 5) is 1.02. The van der Waals surface area contributed by atoms with Crippen molar-refractivity contribution < 1.29 is 8.42 Å². The van der Waals surface area contributed by atoms with E-state index in [1.807, 2.05) is 20.1 Å². The van der Waals surface area contributed by atoms with Gasteiger partial charge in [-0.1, -0.05) is 25.4 Å². The minimum absolute atomic E-state index is 0.169. The van der Waals surface area contributed by atoms with Gasteiger partial charge in [-0.3, -0.25) is 0 Å². The van der Waals surface area contributed by atoms with Crippen molar-refractivity contribution in [2.75, 3.05) is 12.8 Å². The molecule has 0 fully saturated rings. The molecular formula is C13H21ClN2O2S2. The van der Waals surface area contributed by atoms with Gasteiger partial charge in [-0.25, -0.2) is 13.1 Å². The van der Waals surface area contributed by atoms with E-state index >= 15 is 0 Å². The molecule has 1 unspecified atom stereocenters. The van der Waals surface area contributed by atoms with Crippen molar-refractivity contribution in [2.45, 2.75) is 36.1 Å². The first kappa shape index (κ1) is 17.8. The molecule has 1 aromatic carbocycles. The lowest BCUT2D eigenvalue weighted by atomic mass is 10.1. The Labute approximate surface area is 130 Å². The zero-order chi connectivity index (χ0) is 15.3. The highest BCUT2D eigenvalue weighted by atomic mass is 35.5. The average Bonchev–Trinajstić information content (AvgIpc) is 2.36. The Morgan fingerprint density at radius 1 is 1.40 bits per heavy atom. The first-order valence-corrected chi connectivity index (χ1v) is 9.44. The van der Waals surface area contributed by atoms with Crippen LogP contribution in [0.25, 0.3) is 0 Å². The lowest BCUT2D eigenvalue weighted by molar-refractivity contribution is 0.465. The van der Waals surface area contributed by atoms with Gasteiger partial charge in [-0.05, 0) is 36.8 Å². The number of benzene rings is 1. The summed E-state index contributed by atoms with van der Waals surface area (Å²) in [6, 6.07) is 4.47. The first-order chi connectivity index (χ1) is 9.30. The molecule has 0 aliphatic carbocycles. The number of nitrogens with one attached hydrogen (secondary N) is 1. The van der Waals surface area contributed by atoms with Gasteiger partial charge in [0.15, 0.2) is 0 Å². The van der Waals surface area contributed by atoms with Crippen LogP contribution in [0.15, 0.2) is 28.0 Å². The molecule has 0 aliphatic rings. The molecule has 1 aromatic rings. The maximum absolute atomic E-state index is 12.3. The van der Waals surface area contributed by atoms with Gasteiger partial charge in [-0.15, -0.1) is 11.8 Å². The van der Waals surface area contributed by atoms with Crippen LogP contribution in [0.1, 0.15) is 20.3 Å². The lowest BCUT2D eigenvalue weighted by Crippen LogP contribution is -2.40. The molecule has 0 bridgehead atoms. The van der Waals surface area contributed by atoms with Crippen LogP contribution in [0.5, 0.6) is 0 Å². The molecule has 0 radical (unpaired) electrons. The van der Waals surface area contributed by atoms with Crippen LogP contribution in [-0.2, 0) is 10.0 Å². The van der Waals surface area contributed by atoms with E-state index in [1.165, 1.54) is 17.8 Å². The molecular weight excluding hydrogens is 316 g/mol. The van der Waals surface area contributed by atoms with Crippen LogP contribution in [0.4, 0.5) is 0 Å². The van der Waals surface area contributed by atoms with Gasteiger partial charge >= 0.3 is 0 Å². The summed E-state index contributed by atoms with van der Waals surface area (Å²) >= 11 is 7.53. The normalized spacial score (nSPS) is 13.7. The van der Waals surface area contributed by atoms with E-state index in [9.17, 15) is 8.42 Å². The fourth-order valence-electron chi connectivity index (χ4n) is 1.86. The largest absolute Gasteiger partial charge is 0.329 e. The van der Waals surface area contributed by atoms with Crippen molar-refractivity contribution in [3.63, 3.8) is 0 Å². The van der Waals surface area contributed by atoms with E-state index in [4.69, 9.17) is 17.3 Å². The van der Waals surface area contributed by atoms with Gasteiger partial charge in [-0.2, -0.15) is 0 Å². The summed E-state index contributed by atoms with van der Waals surface area (Å²) in [7, 11) is -3.59. The van der Waals surface area contributed by atoms with Gasteiger partial charge < -0.3 is 5.73 Å². The summed E-state index contributed by atoms with van der Waals surface area (Å²) in [6.45, 7) is 4.33. The molecule has 0 aliphatic heterocycles. The van der Waals surface area contributed by atoms with Crippen molar-refractivity contribution in [2.24, 2.45) is 11.7 Å². The van der Waals surface area contributed by atoms with Crippen LogP contribution >= 0.6 is 23.4 Å². The molecule has 4 nitrogen and oxygen atoms in total. The van der Waals surface area contributed by atoms with Crippen LogP contribution in [0.3, 0.4) is 0 Å². The fourth-order valence-corrected chi connectivity index (χ4v) is 4.09. The SMILES string of the molecule is CSc1ccc(S(=O)(=O)NC(CN)CC(C)C)cc1Cl. The highest BCUT2D eigenvalue weighted by Gasteiger charge is 2.20. The van der Waals surface area contributed by atoms with Crippen molar-refractivity contribution in [1.29, 1.82) is 0 Å². The summed E-state index contributed by atoms with van der Waals surface area (Å²) < 4.78 is 27.2.